The highest BCUT2D eigenvalue weighted by atomic mass is 32.1. The van der Waals surface area contributed by atoms with Gasteiger partial charge >= 0.3 is 0 Å². The molecule has 7 heteroatoms. The number of hydrogen-bond donors (Lipinski definition) is 0. The van der Waals surface area contributed by atoms with E-state index in [1.54, 1.807) is 16.2 Å². The minimum atomic E-state index is -0.0976. The Hall–Kier alpha value is -1.47. The fraction of sp³-hybridized carbons (Fsp3) is 0.688. The zero-order chi connectivity index (χ0) is 17.0. The summed E-state index contributed by atoms with van der Waals surface area (Å²) in [5, 5.41) is 3.01. The Morgan fingerprint density at radius 1 is 1.43 bits per heavy atom. The summed E-state index contributed by atoms with van der Waals surface area (Å²) >= 11 is 1.60. The minimum absolute atomic E-state index is 0.0976. The molecule has 0 aliphatic carbocycles. The van der Waals surface area contributed by atoms with E-state index in [1.165, 1.54) is 0 Å². The van der Waals surface area contributed by atoms with Crippen molar-refractivity contribution in [3.05, 3.63) is 16.1 Å². The van der Waals surface area contributed by atoms with Crippen LogP contribution >= 0.6 is 11.3 Å². The van der Waals surface area contributed by atoms with Crippen molar-refractivity contribution in [2.24, 2.45) is 5.92 Å². The van der Waals surface area contributed by atoms with Crippen molar-refractivity contribution >= 4 is 23.2 Å². The van der Waals surface area contributed by atoms with Crippen molar-refractivity contribution in [3.8, 4) is 0 Å². The van der Waals surface area contributed by atoms with Gasteiger partial charge in [0, 0.05) is 38.5 Å². The summed E-state index contributed by atoms with van der Waals surface area (Å²) < 4.78 is 0. The Kier molecular flexibility index (Phi) is 6.12. The van der Waals surface area contributed by atoms with Gasteiger partial charge in [-0.25, -0.2) is 4.98 Å². The number of likely N-dealkylation sites (N-methyl/N-ethyl adjacent to an activating group) is 1. The van der Waals surface area contributed by atoms with Crippen molar-refractivity contribution in [1.82, 2.24) is 19.7 Å². The summed E-state index contributed by atoms with van der Waals surface area (Å²) in [6.45, 7) is 4.54. The molecule has 0 spiro atoms. The van der Waals surface area contributed by atoms with Crippen LogP contribution in [0.1, 0.15) is 23.5 Å². The number of carbonyl (C=O) groups excluding carboxylic acids is 2. The fourth-order valence-electron chi connectivity index (χ4n) is 2.77. The van der Waals surface area contributed by atoms with E-state index in [0.29, 0.717) is 32.5 Å². The van der Waals surface area contributed by atoms with Crippen LogP contribution in [0.5, 0.6) is 0 Å². The molecule has 2 heterocycles. The van der Waals surface area contributed by atoms with Crippen molar-refractivity contribution in [2.45, 2.75) is 26.3 Å². The maximum absolute atomic E-state index is 12.7. The Bertz CT molecular complexity index is 558. The second kappa shape index (κ2) is 7.88. The first kappa shape index (κ1) is 17.9. The highest BCUT2D eigenvalue weighted by molar-refractivity contribution is 7.09. The van der Waals surface area contributed by atoms with Gasteiger partial charge in [0.25, 0.3) is 0 Å². The normalized spacial score (nSPS) is 18.6. The fourth-order valence-corrected chi connectivity index (χ4v) is 3.37. The number of carbonyl (C=O) groups is 2. The van der Waals surface area contributed by atoms with Gasteiger partial charge in [0.1, 0.15) is 0 Å². The number of amides is 2. The lowest BCUT2D eigenvalue weighted by Gasteiger charge is -2.34. The molecule has 128 valence electrons. The lowest BCUT2D eigenvalue weighted by atomic mass is 9.96. The quantitative estimate of drug-likeness (QED) is 0.782. The van der Waals surface area contributed by atoms with Crippen LogP contribution in [-0.4, -0.2) is 72.3 Å². The predicted octanol–water partition coefficient (Wildman–Crippen LogP) is 1.21. The molecule has 0 saturated carbocycles. The van der Waals surface area contributed by atoms with Gasteiger partial charge in [0.2, 0.25) is 11.8 Å². The van der Waals surface area contributed by atoms with Gasteiger partial charge in [-0.3, -0.25) is 9.59 Å². The zero-order valence-electron chi connectivity index (χ0n) is 14.4. The molecule has 1 aliphatic rings. The van der Waals surface area contributed by atoms with E-state index in [4.69, 9.17) is 0 Å². The van der Waals surface area contributed by atoms with Gasteiger partial charge in [-0.05, 0) is 27.4 Å². The van der Waals surface area contributed by atoms with Crippen molar-refractivity contribution in [3.63, 3.8) is 0 Å². The number of nitrogens with zero attached hydrogens (tertiary/aromatic N) is 4. The molecule has 0 aromatic carbocycles. The van der Waals surface area contributed by atoms with Crippen molar-refractivity contribution in [1.29, 1.82) is 0 Å². The second-order valence-electron chi connectivity index (χ2n) is 6.43. The van der Waals surface area contributed by atoms with E-state index in [-0.39, 0.29) is 17.7 Å². The van der Waals surface area contributed by atoms with Gasteiger partial charge in [0.15, 0.2) is 0 Å². The molecule has 0 radical (unpaired) electrons. The van der Waals surface area contributed by atoms with Gasteiger partial charge in [-0.15, -0.1) is 11.3 Å². The third kappa shape index (κ3) is 5.00. The molecule has 2 rings (SSSR count). The molecule has 0 N–H and O–H groups in total. The average molecular weight is 338 g/mol. The summed E-state index contributed by atoms with van der Waals surface area (Å²) in [7, 11) is 5.79. The molecule has 1 atom stereocenters. The largest absolute Gasteiger partial charge is 0.341 e. The van der Waals surface area contributed by atoms with Crippen LogP contribution in [0.3, 0.4) is 0 Å². The van der Waals surface area contributed by atoms with E-state index in [9.17, 15) is 9.59 Å². The van der Waals surface area contributed by atoms with Crippen molar-refractivity contribution < 1.29 is 9.59 Å². The van der Waals surface area contributed by atoms with E-state index >= 15 is 0 Å². The summed E-state index contributed by atoms with van der Waals surface area (Å²) in [4.78, 5) is 34.7. The molecule has 1 aromatic rings. The molecule has 0 bridgehead atoms. The first-order chi connectivity index (χ1) is 10.9. The van der Waals surface area contributed by atoms with Crippen LogP contribution in [0.4, 0.5) is 0 Å². The SMILES string of the molecule is Cc1nc(CN(C)C(=O)[C@H]2CCC(=O)N(CCN(C)C)C2)cs1. The molecular weight excluding hydrogens is 312 g/mol. The van der Waals surface area contributed by atoms with Crippen molar-refractivity contribution in [2.75, 3.05) is 40.8 Å². The summed E-state index contributed by atoms with van der Waals surface area (Å²) in [6, 6.07) is 0. The smallest absolute Gasteiger partial charge is 0.227 e. The number of piperidine rings is 1. The third-order valence-electron chi connectivity index (χ3n) is 4.11. The standard InChI is InChI=1S/C16H26N4O2S/c1-12-17-14(11-23-12)10-19(4)16(22)13-5-6-15(21)20(9-13)8-7-18(2)3/h11,13H,5-10H2,1-4H3/t13-/m0/s1. The Labute approximate surface area is 142 Å². The summed E-state index contributed by atoms with van der Waals surface area (Å²) in [5.74, 6) is 0.172. The van der Waals surface area contributed by atoms with Crippen LogP contribution in [0.25, 0.3) is 0 Å². The van der Waals surface area contributed by atoms with Crippen LogP contribution in [-0.2, 0) is 16.1 Å². The maximum Gasteiger partial charge on any atom is 0.227 e. The predicted molar refractivity (Wildman–Crippen MR) is 91.2 cm³/mol. The zero-order valence-corrected chi connectivity index (χ0v) is 15.2. The Balaban J connectivity index is 1.91. The Morgan fingerprint density at radius 2 is 2.17 bits per heavy atom. The Morgan fingerprint density at radius 3 is 2.78 bits per heavy atom. The molecule has 6 nitrogen and oxygen atoms in total. The van der Waals surface area contributed by atoms with Gasteiger partial charge < -0.3 is 14.7 Å². The summed E-state index contributed by atoms with van der Waals surface area (Å²) in [5.41, 5.74) is 0.930. The molecule has 1 aliphatic heterocycles. The van der Waals surface area contributed by atoms with Crippen LogP contribution in [0, 0.1) is 12.8 Å². The third-order valence-corrected chi connectivity index (χ3v) is 4.93. The summed E-state index contributed by atoms with van der Waals surface area (Å²) in [6.07, 6.45) is 1.12. The molecule has 0 unspecified atom stereocenters. The molecular formula is C16H26N4O2S. The van der Waals surface area contributed by atoms with Gasteiger partial charge in [-0.2, -0.15) is 0 Å². The highest BCUT2D eigenvalue weighted by Gasteiger charge is 2.31. The lowest BCUT2D eigenvalue weighted by Crippen LogP contribution is -2.47. The van der Waals surface area contributed by atoms with E-state index in [1.807, 2.05) is 38.3 Å². The van der Waals surface area contributed by atoms with Gasteiger partial charge in [0.05, 0.1) is 23.2 Å². The van der Waals surface area contributed by atoms with Gasteiger partial charge in [-0.1, -0.05) is 0 Å². The highest BCUT2D eigenvalue weighted by Crippen LogP contribution is 2.20. The number of aryl methyl sites for hydroxylation is 1. The molecule has 2 amide bonds. The average Bonchev–Trinajstić information content (AvgIpc) is 2.90. The maximum atomic E-state index is 12.7. The molecule has 23 heavy (non-hydrogen) atoms. The molecule has 1 aromatic heterocycles. The van der Waals surface area contributed by atoms with E-state index < -0.39 is 0 Å². The molecule has 1 saturated heterocycles. The molecule has 1 fully saturated rings. The minimum Gasteiger partial charge on any atom is -0.341 e. The number of thiazole rings is 1. The topological polar surface area (TPSA) is 56.8 Å². The van der Waals surface area contributed by atoms with Crippen LogP contribution in [0.15, 0.2) is 5.38 Å². The second-order valence-corrected chi connectivity index (χ2v) is 7.49. The number of hydrogen-bond acceptors (Lipinski definition) is 5. The number of rotatable bonds is 6. The number of likely N-dealkylation sites (tertiary alicyclic amines) is 1. The van der Waals surface area contributed by atoms with Crippen LogP contribution < -0.4 is 0 Å². The van der Waals surface area contributed by atoms with E-state index in [2.05, 4.69) is 9.88 Å². The van der Waals surface area contributed by atoms with Crippen LogP contribution in [0.2, 0.25) is 0 Å². The monoisotopic (exact) mass is 338 g/mol. The number of aromatic nitrogens is 1. The first-order valence-electron chi connectivity index (χ1n) is 7.95. The van der Waals surface area contributed by atoms with E-state index in [0.717, 1.165) is 17.2 Å². The first-order valence-corrected chi connectivity index (χ1v) is 8.83. The lowest BCUT2D eigenvalue weighted by molar-refractivity contribution is -0.142.